The van der Waals surface area contributed by atoms with Gasteiger partial charge in [-0.15, -0.1) is 0 Å². The van der Waals surface area contributed by atoms with Gasteiger partial charge in [0.1, 0.15) is 0 Å². The molecule has 0 aliphatic rings. The Labute approximate surface area is 156 Å². The molecule has 0 aromatic heterocycles. The van der Waals surface area contributed by atoms with Crippen LogP contribution < -0.4 is 10.6 Å². The molecule has 0 fully saturated rings. The van der Waals surface area contributed by atoms with E-state index in [-0.39, 0.29) is 11.8 Å². The van der Waals surface area contributed by atoms with Crippen molar-refractivity contribution in [3.8, 4) is 0 Å². The lowest BCUT2D eigenvalue weighted by molar-refractivity contribution is 0.101. The summed E-state index contributed by atoms with van der Waals surface area (Å²) in [6, 6.07) is 21.0. The molecule has 3 aromatic carbocycles. The molecule has 0 bridgehead atoms. The summed E-state index contributed by atoms with van der Waals surface area (Å²) in [5.74, 6) is -0.398. The number of aryl methyl sites for hydroxylation is 1. The molecular formula is C21H17ClN2O2. The molecule has 0 spiro atoms. The molecule has 0 atom stereocenters. The SMILES string of the molecule is Cc1cccc(C(=O)Nc2ccc(NC(=O)c3ccc(Cl)cc3)cc2)c1. The van der Waals surface area contributed by atoms with Crippen molar-refractivity contribution in [1.82, 2.24) is 0 Å². The van der Waals surface area contributed by atoms with Gasteiger partial charge in [-0.1, -0.05) is 29.3 Å². The Hall–Kier alpha value is -3.11. The van der Waals surface area contributed by atoms with Crippen molar-refractivity contribution in [3.05, 3.63) is 94.5 Å². The average Bonchev–Trinajstić information content (AvgIpc) is 2.64. The summed E-state index contributed by atoms with van der Waals surface area (Å²) < 4.78 is 0. The summed E-state index contributed by atoms with van der Waals surface area (Å²) in [7, 11) is 0. The zero-order chi connectivity index (χ0) is 18.5. The minimum atomic E-state index is -0.224. The van der Waals surface area contributed by atoms with Crippen LogP contribution in [0.4, 0.5) is 11.4 Å². The minimum Gasteiger partial charge on any atom is -0.322 e. The van der Waals surface area contributed by atoms with Crippen LogP contribution in [0.5, 0.6) is 0 Å². The molecule has 130 valence electrons. The van der Waals surface area contributed by atoms with E-state index in [1.54, 1.807) is 54.6 Å². The third kappa shape index (κ3) is 4.49. The van der Waals surface area contributed by atoms with E-state index in [1.165, 1.54) is 0 Å². The Morgan fingerprint density at radius 2 is 1.27 bits per heavy atom. The second kappa shape index (κ2) is 7.85. The van der Waals surface area contributed by atoms with Crippen molar-refractivity contribution in [3.63, 3.8) is 0 Å². The van der Waals surface area contributed by atoms with Gasteiger partial charge >= 0.3 is 0 Å². The number of carbonyl (C=O) groups is 2. The Kier molecular flexibility index (Phi) is 5.34. The normalized spacial score (nSPS) is 10.2. The highest BCUT2D eigenvalue weighted by Crippen LogP contribution is 2.17. The van der Waals surface area contributed by atoms with Crippen LogP contribution in [-0.2, 0) is 0 Å². The van der Waals surface area contributed by atoms with Gasteiger partial charge in [-0.05, 0) is 67.6 Å². The first-order valence-electron chi connectivity index (χ1n) is 8.06. The van der Waals surface area contributed by atoms with E-state index < -0.39 is 0 Å². The number of hydrogen-bond acceptors (Lipinski definition) is 2. The number of amides is 2. The fourth-order valence-corrected chi connectivity index (χ4v) is 2.56. The molecule has 0 saturated carbocycles. The van der Waals surface area contributed by atoms with Gasteiger partial charge in [-0.2, -0.15) is 0 Å². The van der Waals surface area contributed by atoms with E-state index in [0.29, 0.717) is 27.5 Å². The lowest BCUT2D eigenvalue weighted by atomic mass is 10.1. The minimum absolute atomic E-state index is 0.174. The summed E-state index contributed by atoms with van der Waals surface area (Å²) >= 11 is 5.82. The fourth-order valence-electron chi connectivity index (χ4n) is 2.43. The highest BCUT2D eigenvalue weighted by Gasteiger charge is 2.08. The van der Waals surface area contributed by atoms with Gasteiger partial charge < -0.3 is 10.6 Å². The summed E-state index contributed by atoms with van der Waals surface area (Å²) in [6.07, 6.45) is 0. The first-order valence-corrected chi connectivity index (χ1v) is 8.44. The van der Waals surface area contributed by atoms with Crippen molar-refractivity contribution >= 4 is 34.8 Å². The molecule has 5 heteroatoms. The van der Waals surface area contributed by atoms with Crippen molar-refractivity contribution in [2.24, 2.45) is 0 Å². The first-order chi connectivity index (χ1) is 12.5. The molecule has 0 aliphatic heterocycles. The standard InChI is InChI=1S/C21H17ClN2O2/c1-14-3-2-4-16(13-14)21(26)24-19-11-9-18(10-12-19)23-20(25)15-5-7-17(22)8-6-15/h2-13H,1H3,(H,23,25)(H,24,26). The monoisotopic (exact) mass is 364 g/mol. The van der Waals surface area contributed by atoms with Crippen molar-refractivity contribution in [2.45, 2.75) is 6.92 Å². The van der Waals surface area contributed by atoms with Gasteiger partial charge in [-0.3, -0.25) is 9.59 Å². The molecule has 2 N–H and O–H groups in total. The second-order valence-corrected chi connectivity index (χ2v) is 6.30. The van der Waals surface area contributed by atoms with Gasteiger partial charge in [0.2, 0.25) is 0 Å². The molecule has 26 heavy (non-hydrogen) atoms. The predicted molar refractivity (Wildman–Crippen MR) is 105 cm³/mol. The predicted octanol–water partition coefficient (Wildman–Crippen LogP) is 5.15. The zero-order valence-corrected chi connectivity index (χ0v) is 14.9. The molecule has 2 amide bonds. The first kappa shape index (κ1) is 17.7. The van der Waals surface area contributed by atoms with E-state index in [2.05, 4.69) is 10.6 Å². The molecule has 0 aliphatic carbocycles. The van der Waals surface area contributed by atoms with Crippen LogP contribution in [0.25, 0.3) is 0 Å². The Balaban J connectivity index is 1.64. The molecule has 0 heterocycles. The number of nitrogens with one attached hydrogen (secondary N) is 2. The van der Waals surface area contributed by atoms with Crippen molar-refractivity contribution < 1.29 is 9.59 Å². The van der Waals surface area contributed by atoms with Gasteiger partial charge in [-0.25, -0.2) is 0 Å². The maximum atomic E-state index is 12.2. The Bertz CT molecular complexity index is 935. The zero-order valence-electron chi connectivity index (χ0n) is 14.1. The van der Waals surface area contributed by atoms with E-state index in [0.717, 1.165) is 5.56 Å². The summed E-state index contributed by atoms with van der Waals surface area (Å²) in [4.78, 5) is 24.4. The number of carbonyl (C=O) groups excluding carboxylic acids is 2. The van der Waals surface area contributed by atoms with Gasteiger partial charge in [0.05, 0.1) is 0 Å². The summed E-state index contributed by atoms with van der Waals surface area (Å²) in [5, 5.41) is 6.22. The largest absolute Gasteiger partial charge is 0.322 e. The number of halogens is 1. The fraction of sp³-hybridized carbons (Fsp3) is 0.0476. The van der Waals surface area contributed by atoms with E-state index in [1.807, 2.05) is 25.1 Å². The van der Waals surface area contributed by atoms with E-state index in [4.69, 9.17) is 11.6 Å². The molecule has 0 radical (unpaired) electrons. The van der Waals surface area contributed by atoms with Gasteiger partial charge in [0.25, 0.3) is 11.8 Å². The highest BCUT2D eigenvalue weighted by molar-refractivity contribution is 6.30. The third-order valence-electron chi connectivity index (χ3n) is 3.79. The number of anilines is 2. The van der Waals surface area contributed by atoms with Crippen molar-refractivity contribution in [1.29, 1.82) is 0 Å². The van der Waals surface area contributed by atoms with Crippen LogP contribution in [-0.4, -0.2) is 11.8 Å². The average molecular weight is 365 g/mol. The Morgan fingerprint density at radius 3 is 1.81 bits per heavy atom. The number of benzene rings is 3. The third-order valence-corrected chi connectivity index (χ3v) is 4.04. The maximum Gasteiger partial charge on any atom is 0.255 e. The molecule has 4 nitrogen and oxygen atoms in total. The molecular weight excluding hydrogens is 348 g/mol. The lowest BCUT2D eigenvalue weighted by Gasteiger charge is -2.08. The summed E-state index contributed by atoms with van der Waals surface area (Å²) in [5.41, 5.74) is 3.44. The highest BCUT2D eigenvalue weighted by atomic mass is 35.5. The molecule has 3 aromatic rings. The second-order valence-electron chi connectivity index (χ2n) is 5.86. The van der Waals surface area contributed by atoms with Crippen LogP contribution in [0.1, 0.15) is 26.3 Å². The number of rotatable bonds is 4. The van der Waals surface area contributed by atoms with Crippen molar-refractivity contribution in [2.75, 3.05) is 10.6 Å². The smallest absolute Gasteiger partial charge is 0.255 e. The van der Waals surface area contributed by atoms with Crippen LogP contribution in [0.3, 0.4) is 0 Å². The van der Waals surface area contributed by atoms with E-state index in [9.17, 15) is 9.59 Å². The van der Waals surface area contributed by atoms with Crippen LogP contribution in [0.15, 0.2) is 72.8 Å². The molecule has 3 rings (SSSR count). The lowest BCUT2D eigenvalue weighted by Crippen LogP contribution is -2.13. The molecule has 0 unspecified atom stereocenters. The van der Waals surface area contributed by atoms with Gasteiger partial charge in [0.15, 0.2) is 0 Å². The Morgan fingerprint density at radius 1 is 0.731 bits per heavy atom. The van der Waals surface area contributed by atoms with Crippen LogP contribution in [0.2, 0.25) is 5.02 Å². The quantitative estimate of drug-likeness (QED) is 0.672. The summed E-state index contributed by atoms with van der Waals surface area (Å²) in [6.45, 7) is 1.94. The van der Waals surface area contributed by atoms with E-state index >= 15 is 0 Å². The van der Waals surface area contributed by atoms with Gasteiger partial charge in [0, 0.05) is 27.5 Å². The maximum absolute atomic E-state index is 12.2. The van der Waals surface area contributed by atoms with Crippen LogP contribution >= 0.6 is 11.6 Å². The number of hydrogen-bond donors (Lipinski definition) is 2. The van der Waals surface area contributed by atoms with Crippen LogP contribution in [0, 0.1) is 6.92 Å². The molecule has 0 saturated heterocycles. The topological polar surface area (TPSA) is 58.2 Å².